The second-order valence-electron chi connectivity index (χ2n) is 7.17. The van der Waals surface area contributed by atoms with Gasteiger partial charge in [-0.15, -0.1) is 0 Å². The van der Waals surface area contributed by atoms with Gasteiger partial charge in [0.25, 0.3) is 0 Å². The molecule has 1 aliphatic heterocycles. The van der Waals surface area contributed by atoms with Crippen molar-refractivity contribution in [3.63, 3.8) is 0 Å². The molecule has 2 N–H and O–H groups in total. The maximum Gasteiger partial charge on any atom is 0.129 e. The molecule has 0 bridgehead atoms. The van der Waals surface area contributed by atoms with Crippen molar-refractivity contribution >= 4 is 29.7 Å². The van der Waals surface area contributed by atoms with Crippen molar-refractivity contribution < 1.29 is 13.9 Å². The molecule has 0 atom stereocenters. The van der Waals surface area contributed by atoms with Gasteiger partial charge in [-0.05, 0) is 62.6 Å². The highest BCUT2D eigenvalue weighted by Crippen LogP contribution is 2.42. The molecule has 0 fully saturated rings. The highest BCUT2D eigenvalue weighted by atomic mass is 19.1. The monoisotopic (exact) mass is 379 g/mol. The van der Waals surface area contributed by atoms with Crippen LogP contribution in [0.5, 0.6) is 0 Å². The number of carbonyl (C=O) groups is 1. The molecule has 0 saturated heterocycles. The van der Waals surface area contributed by atoms with Gasteiger partial charge in [0.05, 0.1) is 0 Å². The van der Waals surface area contributed by atoms with E-state index in [1.165, 1.54) is 6.07 Å². The molecular formula is C24H26FNO2. The van der Waals surface area contributed by atoms with E-state index in [0.717, 1.165) is 22.3 Å². The molecule has 2 aromatic rings. The molecule has 0 radical (unpaired) electrons. The predicted molar refractivity (Wildman–Crippen MR) is 115 cm³/mol. The third kappa shape index (κ3) is 4.06. The quantitative estimate of drug-likeness (QED) is 0.686. The minimum absolute atomic E-state index is 0.268. The van der Waals surface area contributed by atoms with Gasteiger partial charge in [0.15, 0.2) is 0 Å². The van der Waals surface area contributed by atoms with Gasteiger partial charge in [-0.2, -0.15) is 0 Å². The van der Waals surface area contributed by atoms with Crippen LogP contribution in [0.2, 0.25) is 0 Å². The number of nitrogens with two attached hydrogens (primary N) is 1. The van der Waals surface area contributed by atoms with Crippen LogP contribution in [0.1, 0.15) is 43.0 Å². The molecule has 28 heavy (non-hydrogen) atoms. The van der Waals surface area contributed by atoms with Crippen molar-refractivity contribution in [1.29, 1.82) is 0 Å². The first-order valence-corrected chi connectivity index (χ1v) is 8.92. The first-order chi connectivity index (χ1) is 13.2. The zero-order valence-corrected chi connectivity index (χ0v) is 16.8. The van der Waals surface area contributed by atoms with E-state index in [0.29, 0.717) is 22.6 Å². The topological polar surface area (TPSA) is 52.3 Å². The van der Waals surface area contributed by atoms with Gasteiger partial charge in [-0.25, -0.2) is 4.39 Å². The normalized spacial score (nSPS) is 16.4. The molecular weight excluding hydrogens is 353 g/mol. The van der Waals surface area contributed by atoms with E-state index < -0.39 is 5.60 Å². The molecule has 1 aliphatic rings. The lowest BCUT2D eigenvalue weighted by Crippen LogP contribution is -2.20. The Hall–Kier alpha value is -3.14. The van der Waals surface area contributed by atoms with Gasteiger partial charge >= 0.3 is 0 Å². The van der Waals surface area contributed by atoms with Crippen LogP contribution in [0.15, 0.2) is 54.8 Å². The molecule has 4 heteroatoms. The minimum atomic E-state index is -0.482. The number of aryl methyl sites for hydroxylation is 1. The number of allylic oxidation sites excluding steroid dienone is 2. The molecule has 2 aromatic carbocycles. The van der Waals surface area contributed by atoms with E-state index in [4.69, 9.17) is 15.3 Å². The fourth-order valence-electron chi connectivity index (χ4n) is 3.24. The summed E-state index contributed by atoms with van der Waals surface area (Å²) in [5.41, 5.74) is 11.5. The summed E-state index contributed by atoms with van der Waals surface area (Å²) in [6, 6.07) is 11.3. The smallest absolute Gasteiger partial charge is 0.129 e. The van der Waals surface area contributed by atoms with Crippen molar-refractivity contribution in [2.24, 2.45) is 0 Å². The summed E-state index contributed by atoms with van der Waals surface area (Å²) >= 11 is 0. The zero-order chi connectivity index (χ0) is 21.1. The molecule has 0 amide bonds. The van der Waals surface area contributed by atoms with E-state index >= 15 is 0 Å². The number of hydrogen-bond donors (Lipinski definition) is 1. The highest BCUT2D eigenvalue weighted by Gasteiger charge is 2.34. The van der Waals surface area contributed by atoms with Crippen LogP contribution in [-0.2, 0) is 9.53 Å². The van der Waals surface area contributed by atoms with Crippen LogP contribution >= 0.6 is 0 Å². The Bertz CT molecular complexity index is 953. The van der Waals surface area contributed by atoms with Crippen LogP contribution in [0, 0.1) is 12.7 Å². The van der Waals surface area contributed by atoms with Crippen molar-refractivity contribution in [3.05, 3.63) is 82.9 Å². The fourth-order valence-corrected chi connectivity index (χ4v) is 3.24. The second-order valence-corrected chi connectivity index (χ2v) is 7.17. The lowest BCUT2D eigenvalue weighted by Gasteiger charge is -2.24. The van der Waals surface area contributed by atoms with Gasteiger partial charge in [0, 0.05) is 22.4 Å². The fraction of sp³-hybridized carbons (Fsp3) is 0.208. The third-order valence-corrected chi connectivity index (χ3v) is 4.85. The van der Waals surface area contributed by atoms with Crippen LogP contribution in [0.4, 0.5) is 10.1 Å². The van der Waals surface area contributed by atoms with Crippen LogP contribution in [0.25, 0.3) is 17.2 Å². The van der Waals surface area contributed by atoms with Gasteiger partial charge < -0.3 is 15.3 Å². The first-order valence-electron chi connectivity index (χ1n) is 8.92. The average Bonchev–Trinajstić information content (AvgIpc) is 3.01. The molecule has 0 saturated carbocycles. The van der Waals surface area contributed by atoms with Gasteiger partial charge in [0.1, 0.15) is 24.0 Å². The predicted octanol–water partition coefficient (Wildman–Crippen LogP) is 5.80. The van der Waals surface area contributed by atoms with Gasteiger partial charge in [0.2, 0.25) is 0 Å². The van der Waals surface area contributed by atoms with Crippen molar-refractivity contribution in [2.45, 2.75) is 33.3 Å². The molecule has 1 heterocycles. The van der Waals surface area contributed by atoms with E-state index in [1.54, 1.807) is 13.0 Å². The van der Waals surface area contributed by atoms with E-state index in [9.17, 15) is 4.39 Å². The summed E-state index contributed by atoms with van der Waals surface area (Å²) in [4.78, 5) is 8.00. The molecule has 3 nitrogen and oxygen atoms in total. The van der Waals surface area contributed by atoms with Gasteiger partial charge in [-0.3, -0.25) is 0 Å². The number of ether oxygens (including phenoxy) is 1. The molecule has 0 aromatic heterocycles. The summed E-state index contributed by atoms with van der Waals surface area (Å²) in [5.74, 6) is 0.448. The number of halogens is 1. The summed E-state index contributed by atoms with van der Waals surface area (Å²) in [6.45, 7) is 13.5. The van der Waals surface area contributed by atoms with Crippen molar-refractivity contribution in [1.82, 2.24) is 0 Å². The summed E-state index contributed by atoms with van der Waals surface area (Å²) < 4.78 is 20.2. The number of nitrogen functional groups attached to an aromatic ring is 1. The van der Waals surface area contributed by atoms with E-state index in [-0.39, 0.29) is 5.82 Å². The minimum Gasteiger partial charge on any atom is -0.483 e. The Labute approximate surface area is 166 Å². The lowest BCUT2D eigenvalue weighted by atomic mass is 9.91. The molecule has 0 unspecified atom stereocenters. The SMILES string of the molecule is C=Cc1ccc(C2=C/C(=C(\C)c3cc(F)c(C)cc3N)OC2(C)C)cc1.C=O. The Morgan fingerprint density at radius 3 is 2.36 bits per heavy atom. The van der Waals surface area contributed by atoms with E-state index in [1.807, 2.05) is 51.8 Å². The lowest BCUT2D eigenvalue weighted by molar-refractivity contribution is -0.0979. The third-order valence-electron chi connectivity index (χ3n) is 4.85. The highest BCUT2D eigenvalue weighted by molar-refractivity contribution is 5.83. The summed E-state index contributed by atoms with van der Waals surface area (Å²) in [7, 11) is 0. The average molecular weight is 379 g/mol. The molecule has 0 spiro atoms. The Morgan fingerprint density at radius 2 is 1.79 bits per heavy atom. The van der Waals surface area contributed by atoms with Crippen molar-refractivity contribution in [2.75, 3.05) is 5.73 Å². The Morgan fingerprint density at radius 1 is 1.18 bits per heavy atom. The Kier molecular flexibility index (Phi) is 6.24. The number of benzene rings is 2. The number of carbonyl (C=O) groups excluding carboxylic acids is 1. The second kappa shape index (κ2) is 8.26. The number of hydrogen-bond acceptors (Lipinski definition) is 3. The molecule has 3 rings (SSSR count). The zero-order valence-electron chi connectivity index (χ0n) is 16.8. The largest absolute Gasteiger partial charge is 0.483 e. The standard InChI is InChI=1S/C23H24FNO.CH2O/c1-6-16-7-9-17(10-8-16)19-13-22(26-23(19,4)5)15(3)18-12-20(24)14(2)11-21(18)25;1-2/h6-13H,1,25H2,2-5H3;1H2/b22-15-;. The van der Waals surface area contributed by atoms with Crippen LogP contribution in [-0.4, -0.2) is 12.4 Å². The van der Waals surface area contributed by atoms with Crippen LogP contribution < -0.4 is 5.73 Å². The van der Waals surface area contributed by atoms with Gasteiger partial charge in [-0.1, -0.05) is 36.9 Å². The maximum absolute atomic E-state index is 14.0. The first kappa shape index (κ1) is 21.2. The van der Waals surface area contributed by atoms with E-state index in [2.05, 4.69) is 18.7 Å². The molecule has 0 aliphatic carbocycles. The van der Waals surface area contributed by atoms with Crippen LogP contribution in [0.3, 0.4) is 0 Å². The maximum atomic E-state index is 14.0. The summed E-state index contributed by atoms with van der Waals surface area (Å²) in [6.07, 6.45) is 3.84. The Balaban J connectivity index is 0.00000136. The van der Waals surface area contributed by atoms with Crippen molar-refractivity contribution in [3.8, 4) is 0 Å². The number of rotatable bonds is 3. The summed E-state index contributed by atoms with van der Waals surface area (Å²) in [5, 5.41) is 0. The molecule has 146 valence electrons. The number of anilines is 1.